The van der Waals surface area contributed by atoms with Crippen LogP contribution in [-0.4, -0.2) is 44.1 Å². The van der Waals surface area contributed by atoms with Crippen LogP contribution in [-0.2, 0) is 4.84 Å². The second kappa shape index (κ2) is 36.4. The van der Waals surface area contributed by atoms with Gasteiger partial charge in [-0.3, -0.25) is 9.83 Å². The maximum atomic E-state index is 5.79. The topological polar surface area (TPSA) is 62.9 Å². The lowest BCUT2D eigenvalue weighted by molar-refractivity contribution is 0.143. The summed E-state index contributed by atoms with van der Waals surface area (Å²) in [6.07, 6.45) is 41.0. The van der Waals surface area contributed by atoms with Gasteiger partial charge in [0.2, 0.25) is 5.96 Å². The molecule has 0 bridgehead atoms. The van der Waals surface area contributed by atoms with Gasteiger partial charge in [-0.1, -0.05) is 181 Å². The van der Waals surface area contributed by atoms with Gasteiger partial charge in [0.1, 0.15) is 0 Å². The number of guanidine groups is 1. The zero-order chi connectivity index (χ0) is 30.6. The van der Waals surface area contributed by atoms with Gasteiger partial charge in [0.25, 0.3) is 0 Å². The highest BCUT2D eigenvalue weighted by Gasteiger charge is 2.05. The fourth-order valence-electron chi connectivity index (χ4n) is 6.03. The van der Waals surface area contributed by atoms with Crippen molar-refractivity contribution in [3.05, 3.63) is 0 Å². The average molecular weight is 595 g/mol. The Morgan fingerprint density at radius 1 is 0.476 bits per heavy atom. The van der Waals surface area contributed by atoms with Crippen molar-refractivity contribution in [2.24, 2.45) is 10.7 Å². The molecule has 0 fully saturated rings. The van der Waals surface area contributed by atoms with Crippen molar-refractivity contribution in [1.82, 2.24) is 10.4 Å². The van der Waals surface area contributed by atoms with Crippen LogP contribution >= 0.6 is 0 Å². The minimum atomic E-state index is 0.378. The first kappa shape index (κ1) is 41.2. The fraction of sp³-hybridized carbons (Fsp3) is 0.973. The predicted molar refractivity (Wildman–Crippen MR) is 188 cm³/mol. The van der Waals surface area contributed by atoms with Gasteiger partial charge in [0.15, 0.2) is 0 Å². The van der Waals surface area contributed by atoms with E-state index in [1.165, 1.54) is 193 Å². The summed E-state index contributed by atoms with van der Waals surface area (Å²) in [4.78, 5) is 11.9. The molecule has 0 aliphatic carbocycles. The molecule has 0 aromatic heterocycles. The summed E-state index contributed by atoms with van der Waals surface area (Å²) in [5, 5.41) is 0. The van der Waals surface area contributed by atoms with Crippen molar-refractivity contribution in [1.29, 1.82) is 0 Å². The van der Waals surface area contributed by atoms with E-state index in [2.05, 4.69) is 29.2 Å². The highest BCUT2D eigenvalue weighted by Crippen LogP contribution is 2.15. The molecule has 0 aliphatic rings. The molecule has 0 unspecified atom stereocenters. The number of nitrogens with one attached hydrogen (secondary N) is 1. The van der Waals surface area contributed by atoms with Crippen LogP contribution in [0.5, 0.6) is 0 Å². The molecule has 3 N–H and O–H groups in total. The lowest BCUT2D eigenvalue weighted by Crippen LogP contribution is -2.31. The van der Waals surface area contributed by atoms with Gasteiger partial charge >= 0.3 is 0 Å². The number of hydroxylamine groups is 1. The molecule has 0 radical (unpaired) electrons. The second-order valence-electron chi connectivity index (χ2n) is 13.0. The minimum absolute atomic E-state index is 0.378. The van der Waals surface area contributed by atoms with Crippen LogP contribution < -0.4 is 11.2 Å². The SMILES string of the molecule is CCCCCCCCCCCCCCCCN(CCCCCCCCCCCCCCCC)CCCN=C(N)NOC. The third-order valence-corrected chi connectivity index (χ3v) is 8.78. The molecule has 0 saturated heterocycles. The Morgan fingerprint density at radius 3 is 1.07 bits per heavy atom. The molecule has 0 atom stereocenters. The van der Waals surface area contributed by atoms with Gasteiger partial charge in [-0.2, -0.15) is 0 Å². The lowest BCUT2D eigenvalue weighted by Gasteiger charge is -2.22. The van der Waals surface area contributed by atoms with Crippen molar-refractivity contribution >= 4 is 5.96 Å². The molecule has 0 rings (SSSR count). The normalized spacial score (nSPS) is 12.0. The van der Waals surface area contributed by atoms with Crippen LogP contribution in [0.4, 0.5) is 0 Å². The third-order valence-electron chi connectivity index (χ3n) is 8.78. The summed E-state index contributed by atoms with van der Waals surface area (Å²) in [6, 6.07) is 0. The number of rotatable bonds is 35. The molecule has 0 spiro atoms. The standard InChI is InChI=1S/C37H78N4O/c1-4-6-8-10-12-14-16-18-20-22-24-26-28-30-34-41(36-32-33-39-37(38)40-42-3)35-31-29-27-25-23-21-19-17-15-13-11-9-7-5-2/h4-36H2,1-3H3,(H3,38,39,40). The summed E-state index contributed by atoms with van der Waals surface area (Å²) in [5.74, 6) is 0.378. The van der Waals surface area contributed by atoms with E-state index < -0.39 is 0 Å². The first-order valence-electron chi connectivity index (χ1n) is 19.1. The van der Waals surface area contributed by atoms with Gasteiger partial charge < -0.3 is 10.6 Å². The smallest absolute Gasteiger partial charge is 0.213 e. The summed E-state index contributed by atoms with van der Waals surface area (Å²) in [6.45, 7) is 8.97. The molecule has 0 aliphatic heterocycles. The van der Waals surface area contributed by atoms with Gasteiger partial charge in [0.05, 0.1) is 7.11 Å². The molecule has 0 heterocycles. The van der Waals surface area contributed by atoms with E-state index in [9.17, 15) is 0 Å². The lowest BCUT2D eigenvalue weighted by atomic mass is 10.0. The zero-order valence-corrected chi connectivity index (χ0v) is 29.2. The molecule has 0 amide bonds. The van der Waals surface area contributed by atoms with Gasteiger partial charge in [0, 0.05) is 6.54 Å². The van der Waals surface area contributed by atoms with Crippen molar-refractivity contribution in [2.75, 3.05) is 33.3 Å². The van der Waals surface area contributed by atoms with Crippen LogP contribution in [0.1, 0.15) is 200 Å². The van der Waals surface area contributed by atoms with Gasteiger partial charge in [-0.05, 0) is 38.9 Å². The Bertz CT molecular complexity index is 496. The van der Waals surface area contributed by atoms with Crippen LogP contribution in [0, 0.1) is 0 Å². The Morgan fingerprint density at radius 2 is 0.762 bits per heavy atom. The predicted octanol–water partition coefficient (Wildman–Crippen LogP) is 11.1. The molecular weight excluding hydrogens is 516 g/mol. The van der Waals surface area contributed by atoms with E-state index in [1.54, 1.807) is 7.11 Å². The van der Waals surface area contributed by atoms with E-state index in [0.717, 1.165) is 19.5 Å². The minimum Gasteiger partial charge on any atom is -0.368 e. The highest BCUT2D eigenvalue weighted by molar-refractivity contribution is 5.76. The number of unbranched alkanes of at least 4 members (excludes halogenated alkanes) is 26. The quantitative estimate of drug-likeness (QED) is 0.0331. The van der Waals surface area contributed by atoms with Crippen LogP contribution in [0.2, 0.25) is 0 Å². The first-order valence-corrected chi connectivity index (χ1v) is 19.1. The molecule has 42 heavy (non-hydrogen) atoms. The van der Waals surface area contributed by atoms with Crippen LogP contribution in [0.3, 0.4) is 0 Å². The van der Waals surface area contributed by atoms with E-state index >= 15 is 0 Å². The number of hydrogen-bond donors (Lipinski definition) is 2. The first-order chi connectivity index (χ1) is 20.7. The van der Waals surface area contributed by atoms with Gasteiger partial charge in [-0.25, -0.2) is 5.48 Å². The summed E-state index contributed by atoms with van der Waals surface area (Å²) in [5.41, 5.74) is 8.40. The Kier molecular flexibility index (Phi) is 35.7. The third kappa shape index (κ3) is 33.7. The van der Waals surface area contributed by atoms with Crippen LogP contribution in [0.15, 0.2) is 4.99 Å². The highest BCUT2D eigenvalue weighted by atomic mass is 16.6. The molecule has 0 saturated carbocycles. The fourth-order valence-corrected chi connectivity index (χ4v) is 6.03. The van der Waals surface area contributed by atoms with E-state index in [1.807, 2.05) is 0 Å². The van der Waals surface area contributed by atoms with E-state index in [4.69, 9.17) is 10.6 Å². The molecule has 252 valence electrons. The average Bonchev–Trinajstić information content (AvgIpc) is 2.99. The maximum absolute atomic E-state index is 5.79. The summed E-state index contributed by atoms with van der Waals surface area (Å²) < 4.78 is 0. The Balaban J connectivity index is 3.86. The van der Waals surface area contributed by atoms with Gasteiger partial charge in [-0.15, -0.1) is 0 Å². The summed E-state index contributed by atoms with van der Waals surface area (Å²) in [7, 11) is 1.57. The van der Waals surface area contributed by atoms with Crippen molar-refractivity contribution in [3.8, 4) is 0 Å². The number of hydrogen-bond acceptors (Lipinski definition) is 3. The molecule has 5 nitrogen and oxygen atoms in total. The van der Waals surface area contributed by atoms with E-state index in [0.29, 0.717) is 5.96 Å². The van der Waals surface area contributed by atoms with Crippen molar-refractivity contribution in [2.45, 2.75) is 200 Å². The molecule has 5 heteroatoms. The molecular formula is C37H78N4O. The maximum Gasteiger partial charge on any atom is 0.213 e. The number of nitrogens with zero attached hydrogens (tertiary/aromatic N) is 2. The van der Waals surface area contributed by atoms with Crippen LogP contribution in [0.25, 0.3) is 0 Å². The largest absolute Gasteiger partial charge is 0.368 e. The summed E-state index contributed by atoms with van der Waals surface area (Å²) >= 11 is 0. The molecule has 0 aromatic rings. The van der Waals surface area contributed by atoms with E-state index in [-0.39, 0.29) is 0 Å². The van der Waals surface area contributed by atoms with Crippen molar-refractivity contribution in [3.63, 3.8) is 0 Å². The van der Waals surface area contributed by atoms with Crippen molar-refractivity contribution < 1.29 is 4.84 Å². The zero-order valence-electron chi connectivity index (χ0n) is 29.2. The monoisotopic (exact) mass is 595 g/mol. The molecule has 0 aromatic carbocycles. The Hall–Kier alpha value is -0.810. The number of nitrogens with two attached hydrogens (primary N) is 1. The second-order valence-corrected chi connectivity index (χ2v) is 13.0. The Labute approximate surface area is 264 Å². The number of aliphatic imine (C=N–C) groups is 1.